The number of methoxy groups -OCH3 is 1. The van der Waals surface area contributed by atoms with Crippen LogP contribution in [0.4, 0.5) is 5.69 Å². The fourth-order valence-electron chi connectivity index (χ4n) is 5.50. The normalized spacial score (nSPS) is 11.2. The van der Waals surface area contributed by atoms with E-state index >= 15 is 0 Å². The molecule has 0 fully saturated rings. The quantitative estimate of drug-likeness (QED) is 0.191. The Hall–Kier alpha value is -4.06. The minimum Gasteiger partial charge on any atom is -0.465 e. The molecule has 5 rings (SSSR count). The second kappa shape index (κ2) is 12.4. The van der Waals surface area contributed by atoms with Crippen LogP contribution in [0.3, 0.4) is 0 Å². The lowest BCUT2D eigenvalue weighted by atomic mass is 9.97. The number of carbonyl (C=O) groups excluding carboxylic acids is 1. The van der Waals surface area contributed by atoms with Gasteiger partial charge in [0, 0.05) is 53.9 Å². The Morgan fingerprint density at radius 2 is 1.52 bits per heavy atom. The van der Waals surface area contributed by atoms with Gasteiger partial charge in [-0.25, -0.2) is 4.79 Å². The predicted molar refractivity (Wildman–Crippen MR) is 163 cm³/mol. The molecule has 4 aromatic carbocycles. The molecule has 5 aromatic rings. The van der Waals surface area contributed by atoms with Crippen LogP contribution in [0.15, 0.2) is 103 Å². The second-order valence-electron chi connectivity index (χ2n) is 9.86. The third-order valence-corrected chi connectivity index (χ3v) is 7.68. The standard InChI is InChI=1S/C34H33ClN2O3/c1-36(28-16-13-26(14-17-28)34(39)40-2)21-19-29-30-23-27(35)15-18-31(30)37(32(29)20-22-38)33(24-9-5-3-6-10-24)25-11-7-4-8-12-25/h3-18,23,33,38H,19-22H2,1-2H3. The molecule has 1 aromatic heterocycles. The number of aliphatic hydroxyl groups is 1. The van der Waals surface area contributed by atoms with E-state index in [0.717, 1.165) is 35.2 Å². The van der Waals surface area contributed by atoms with Crippen molar-refractivity contribution < 1.29 is 14.6 Å². The van der Waals surface area contributed by atoms with Gasteiger partial charge in [0.25, 0.3) is 0 Å². The van der Waals surface area contributed by atoms with Crippen LogP contribution in [-0.2, 0) is 17.6 Å². The highest BCUT2D eigenvalue weighted by molar-refractivity contribution is 6.31. The number of nitrogens with zero attached hydrogens (tertiary/aromatic N) is 2. The van der Waals surface area contributed by atoms with Gasteiger partial charge in [-0.1, -0.05) is 72.3 Å². The Bertz CT molecular complexity index is 1540. The van der Waals surface area contributed by atoms with E-state index in [4.69, 9.17) is 16.3 Å². The van der Waals surface area contributed by atoms with Crippen molar-refractivity contribution in [2.75, 3.05) is 32.2 Å². The summed E-state index contributed by atoms with van der Waals surface area (Å²) in [5.41, 5.74) is 7.25. The smallest absolute Gasteiger partial charge is 0.337 e. The zero-order valence-corrected chi connectivity index (χ0v) is 23.5. The maximum Gasteiger partial charge on any atom is 0.337 e. The molecule has 0 unspecified atom stereocenters. The number of ether oxygens (including phenoxy) is 1. The number of benzene rings is 4. The molecule has 1 N–H and O–H groups in total. The van der Waals surface area contributed by atoms with Gasteiger partial charge in [0.05, 0.1) is 18.7 Å². The van der Waals surface area contributed by atoms with Crippen molar-refractivity contribution in [1.82, 2.24) is 4.57 Å². The molecular formula is C34H33ClN2O3. The number of likely N-dealkylation sites (N-methyl/N-ethyl adjacent to an activating group) is 1. The van der Waals surface area contributed by atoms with Gasteiger partial charge in [-0.15, -0.1) is 0 Å². The van der Waals surface area contributed by atoms with Crippen molar-refractivity contribution in [2.45, 2.75) is 18.9 Å². The number of anilines is 1. The fraction of sp³-hybridized carbons (Fsp3) is 0.206. The fourth-order valence-corrected chi connectivity index (χ4v) is 5.67. The van der Waals surface area contributed by atoms with E-state index < -0.39 is 0 Å². The number of halogens is 1. The molecule has 0 atom stereocenters. The highest BCUT2D eigenvalue weighted by Gasteiger charge is 2.25. The van der Waals surface area contributed by atoms with Gasteiger partial charge in [0.2, 0.25) is 0 Å². The molecule has 6 heteroatoms. The number of esters is 1. The first kappa shape index (κ1) is 27.5. The largest absolute Gasteiger partial charge is 0.465 e. The van der Waals surface area contributed by atoms with E-state index in [-0.39, 0.29) is 18.6 Å². The topological polar surface area (TPSA) is 54.7 Å². The maximum atomic E-state index is 11.8. The second-order valence-corrected chi connectivity index (χ2v) is 10.3. The van der Waals surface area contributed by atoms with Crippen LogP contribution in [0, 0.1) is 0 Å². The van der Waals surface area contributed by atoms with Crippen molar-refractivity contribution >= 4 is 34.2 Å². The van der Waals surface area contributed by atoms with E-state index in [9.17, 15) is 9.90 Å². The minimum atomic E-state index is -0.348. The van der Waals surface area contributed by atoms with Gasteiger partial charge in [-0.05, 0) is 65.6 Å². The Morgan fingerprint density at radius 3 is 2.10 bits per heavy atom. The van der Waals surface area contributed by atoms with Crippen LogP contribution in [-0.4, -0.2) is 43.0 Å². The molecule has 0 spiro atoms. The molecule has 0 aliphatic heterocycles. The number of hydrogen-bond acceptors (Lipinski definition) is 4. The lowest BCUT2D eigenvalue weighted by Gasteiger charge is -2.25. The summed E-state index contributed by atoms with van der Waals surface area (Å²) in [5, 5.41) is 12.0. The Morgan fingerprint density at radius 1 is 0.900 bits per heavy atom. The van der Waals surface area contributed by atoms with Gasteiger partial charge in [0.1, 0.15) is 0 Å². The van der Waals surface area contributed by atoms with Gasteiger partial charge in [0.15, 0.2) is 0 Å². The third kappa shape index (κ3) is 5.62. The van der Waals surface area contributed by atoms with Crippen molar-refractivity contribution in [1.29, 1.82) is 0 Å². The van der Waals surface area contributed by atoms with E-state index in [2.05, 4.69) is 64.1 Å². The van der Waals surface area contributed by atoms with Gasteiger partial charge in [-0.2, -0.15) is 0 Å². The van der Waals surface area contributed by atoms with Crippen LogP contribution in [0.1, 0.15) is 38.8 Å². The first-order valence-corrected chi connectivity index (χ1v) is 13.8. The first-order chi connectivity index (χ1) is 19.5. The number of hydrogen-bond donors (Lipinski definition) is 1. The Labute approximate surface area is 240 Å². The average molecular weight is 553 g/mol. The maximum absolute atomic E-state index is 11.8. The van der Waals surface area contributed by atoms with E-state index in [1.807, 2.05) is 43.4 Å². The molecule has 5 nitrogen and oxygen atoms in total. The molecule has 0 aliphatic carbocycles. The number of rotatable bonds is 10. The summed E-state index contributed by atoms with van der Waals surface area (Å²) in [6.45, 7) is 0.779. The van der Waals surface area contributed by atoms with Crippen LogP contribution < -0.4 is 4.90 Å². The molecule has 40 heavy (non-hydrogen) atoms. The van der Waals surface area contributed by atoms with Crippen molar-refractivity contribution in [2.24, 2.45) is 0 Å². The van der Waals surface area contributed by atoms with Gasteiger partial charge >= 0.3 is 5.97 Å². The molecule has 1 heterocycles. The molecule has 0 radical (unpaired) electrons. The Kier molecular flexibility index (Phi) is 8.54. The molecule has 0 bridgehead atoms. The van der Waals surface area contributed by atoms with Gasteiger partial charge < -0.3 is 19.3 Å². The van der Waals surface area contributed by atoms with E-state index in [1.54, 1.807) is 12.1 Å². The summed E-state index contributed by atoms with van der Waals surface area (Å²) in [5.74, 6) is -0.348. The highest BCUT2D eigenvalue weighted by atomic mass is 35.5. The molecular weight excluding hydrogens is 520 g/mol. The van der Waals surface area contributed by atoms with Crippen LogP contribution in [0.5, 0.6) is 0 Å². The molecule has 204 valence electrons. The van der Waals surface area contributed by atoms with E-state index in [0.29, 0.717) is 17.0 Å². The third-order valence-electron chi connectivity index (χ3n) is 7.45. The lowest BCUT2D eigenvalue weighted by molar-refractivity contribution is 0.0600. The van der Waals surface area contributed by atoms with Crippen LogP contribution in [0.2, 0.25) is 5.02 Å². The van der Waals surface area contributed by atoms with Gasteiger partial charge in [-0.3, -0.25) is 0 Å². The minimum absolute atomic E-state index is 0.0399. The Balaban J connectivity index is 1.59. The summed E-state index contributed by atoms with van der Waals surface area (Å²) in [6.07, 6.45) is 1.28. The molecule has 0 aliphatic rings. The SMILES string of the molecule is COC(=O)c1ccc(N(C)CCc2c(CCO)n(C(c3ccccc3)c3ccccc3)c3ccc(Cl)cc23)cc1. The first-order valence-electron chi connectivity index (χ1n) is 13.4. The number of aromatic nitrogens is 1. The van der Waals surface area contributed by atoms with Crippen molar-refractivity contribution in [3.05, 3.63) is 136 Å². The van der Waals surface area contributed by atoms with Crippen molar-refractivity contribution in [3.63, 3.8) is 0 Å². The predicted octanol–water partition coefficient (Wildman–Crippen LogP) is 6.93. The monoisotopic (exact) mass is 552 g/mol. The van der Waals surface area contributed by atoms with Crippen LogP contribution in [0.25, 0.3) is 10.9 Å². The highest BCUT2D eigenvalue weighted by Crippen LogP contribution is 2.37. The van der Waals surface area contributed by atoms with Crippen LogP contribution >= 0.6 is 11.6 Å². The summed E-state index contributed by atoms with van der Waals surface area (Å²) >= 11 is 6.55. The molecule has 0 saturated carbocycles. The molecule has 0 amide bonds. The summed E-state index contributed by atoms with van der Waals surface area (Å²) in [6, 6.07) is 34.4. The number of fused-ring (bicyclic) bond motifs is 1. The molecule has 0 saturated heterocycles. The summed E-state index contributed by atoms with van der Waals surface area (Å²) < 4.78 is 7.21. The summed E-state index contributed by atoms with van der Waals surface area (Å²) in [7, 11) is 3.43. The summed E-state index contributed by atoms with van der Waals surface area (Å²) in [4.78, 5) is 14.0. The number of carbonyl (C=O) groups is 1. The average Bonchev–Trinajstić information content (AvgIpc) is 3.28. The zero-order chi connectivity index (χ0) is 28.1. The number of aliphatic hydroxyl groups excluding tert-OH is 1. The van der Waals surface area contributed by atoms with E-state index in [1.165, 1.54) is 23.8 Å². The lowest BCUT2D eigenvalue weighted by Crippen LogP contribution is -2.21. The van der Waals surface area contributed by atoms with Crippen molar-refractivity contribution in [3.8, 4) is 0 Å². The zero-order valence-electron chi connectivity index (χ0n) is 22.8.